The third kappa shape index (κ3) is 4.44. The number of benzene rings is 2. The van der Waals surface area contributed by atoms with Crippen LogP contribution in [0.15, 0.2) is 81.5 Å². The maximum atomic E-state index is 13.3. The summed E-state index contributed by atoms with van der Waals surface area (Å²) in [5, 5.41) is 10.2. The number of allylic oxidation sites excluding steroid dienone is 1. The number of aromatic nitrogens is 2. The molecule has 4 aromatic rings. The SMILES string of the molecule is Cc1ccc(S(=O)(=O)C(C#N)=Cc2c(Oc3ccc(Cl)c(C)c3)nc3ccccn3c2=O)cc1. The Bertz CT molecular complexity index is 1650. The van der Waals surface area contributed by atoms with Crippen molar-refractivity contribution in [2.45, 2.75) is 18.7 Å². The Hall–Kier alpha value is -3.93. The van der Waals surface area contributed by atoms with Crippen LogP contribution in [0.5, 0.6) is 11.6 Å². The van der Waals surface area contributed by atoms with Gasteiger partial charge in [0.2, 0.25) is 15.7 Å². The molecule has 0 fully saturated rings. The summed E-state index contributed by atoms with van der Waals surface area (Å²) in [7, 11) is -4.19. The van der Waals surface area contributed by atoms with Gasteiger partial charge in [-0.1, -0.05) is 35.4 Å². The number of ether oxygens (including phenoxy) is 1. The lowest BCUT2D eigenvalue weighted by molar-refractivity contribution is 0.460. The number of rotatable bonds is 5. The van der Waals surface area contributed by atoms with Crippen molar-refractivity contribution in [3.63, 3.8) is 0 Å². The molecular formula is C25H18ClN3O4S. The van der Waals surface area contributed by atoms with Crippen molar-refractivity contribution in [3.8, 4) is 17.7 Å². The standard InChI is InChI=1S/C25H18ClN3O4S/c1-16-6-9-19(10-7-16)34(31,32)20(15-27)14-21-24(33-18-8-11-22(26)17(2)13-18)28-23-5-3-4-12-29(23)25(21)30/h3-14H,1-2H3. The van der Waals surface area contributed by atoms with Crippen molar-refractivity contribution in [1.29, 1.82) is 5.26 Å². The van der Waals surface area contributed by atoms with Crippen LogP contribution in [-0.2, 0) is 9.84 Å². The average molecular weight is 492 g/mol. The Morgan fingerprint density at radius 2 is 1.85 bits per heavy atom. The zero-order valence-corrected chi connectivity index (χ0v) is 19.8. The number of aryl methyl sites for hydroxylation is 2. The highest BCUT2D eigenvalue weighted by molar-refractivity contribution is 7.95. The summed E-state index contributed by atoms with van der Waals surface area (Å²) in [4.78, 5) is 17.0. The van der Waals surface area contributed by atoms with E-state index in [2.05, 4.69) is 4.98 Å². The molecule has 0 aliphatic carbocycles. The number of pyridine rings is 1. The number of nitriles is 1. The number of hydrogen-bond acceptors (Lipinski definition) is 6. The van der Waals surface area contributed by atoms with E-state index in [1.165, 1.54) is 22.7 Å². The maximum Gasteiger partial charge on any atom is 0.269 e. The second-order valence-corrected chi connectivity index (χ2v) is 9.84. The lowest BCUT2D eigenvalue weighted by Crippen LogP contribution is -2.19. The Balaban J connectivity index is 1.93. The quantitative estimate of drug-likeness (QED) is 0.360. The topological polar surface area (TPSA) is 102 Å². The van der Waals surface area contributed by atoms with E-state index in [0.717, 1.165) is 17.2 Å². The molecule has 2 aromatic heterocycles. The molecule has 7 nitrogen and oxygen atoms in total. The van der Waals surface area contributed by atoms with Crippen LogP contribution in [0.1, 0.15) is 16.7 Å². The zero-order chi connectivity index (χ0) is 24.5. The summed E-state index contributed by atoms with van der Waals surface area (Å²) in [6, 6.07) is 17.7. The van der Waals surface area contributed by atoms with E-state index in [1.807, 2.05) is 6.92 Å². The number of sulfone groups is 1. The molecule has 9 heteroatoms. The van der Waals surface area contributed by atoms with Crippen LogP contribution in [0.4, 0.5) is 0 Å². The van der Waals surface area contributed by atoms with Crippen molar-refractivity contribution < 1.29 is 13.2 Å². The Kier molecular flexibility index (Phi) is 6.24. The molecule has 0 saturated heterocycles. The van der Waals surface area contributed by atoms with Gasteiger partial charge < -0.3 is 4.74 Å². The van der Waals surface area contributed by atoms with Crippen molar-refractivity contribution in [2.24, 2.45) is 0 Å². The molecule has 0 atom stereocenters. The van der Waals surface area contributed by atoms with Crippen molar-refractivity contribution in [1.82, 2.24) is 9.38 Å². The summed E-state index contributed by atoms with van der Waals surface area (Å²) in [5.74, 6) is 0.216. The van der Waals surface area contributed by atoms with Crippen LogP contribution in [0, 0.1) is 25.2 Å². The second-order valence-electron chi connectivity index (χ2n) is 7.51. The number of nitrogens with zero attached hydrogens (tertiary/aromatic N) is 3. The molecule has 0 spiro atoms. The Labute approximate surface area is 201 Å². The highest BCUT2D eigenvalue weighted by Crippen LogP contribution is 2.29. The first kappa shape index (κ1) is 23.2. The van der Waals surface area contributed by atoms with Gasteiger partial charge in [0.05, 0.1) is 4.90 Å². The van der Waals surface area contributed by atoms with Crippen LogP contribution in [0.2, 0.25) is 5.02 Å². The summed E-state index contributed by atoms with van der Waals surface area (Å²) >= 11 is 6.09. The van der Waals surface area contributed by atoms with Gasteiger partial charge in [0, 0.05) is 11.2 Å². The zero-order valence-electron chi connectivity index (χ0n) is 18.2. The molecule has 0 aliphatic rings. The van der Waals surface area contributed by atoms with E-state index < -0.39 is 20.3 Å². The smallest absolute Gasteiger partial charge is 0.269 e. The average Bonchev–Trinajstić information content (AvgIpc) is 2.81. The highest BCUT2D eigenvalue weighted by atomic mass is 35.5. The predicted molar refractivity (Wildman–Crippen MR) is 130 cm³/mol. The summed E-state index contributed by atoms with van der Waals surface area (Å²) in [6.07, 6.45) is 2.50. The third-order valence-corrected chi connectivity index (χ3v) is 7.19. The van der Waals surface area contributed by atoms with E-state index in [-0.39, 0.29) is 16.3 Å². The first-order valence-corrected chi connectivity index (χ1v) is 12.0. The molecule has 0 unspecified atom stereocenters. The molecule has 0 N–H and O–H groups in total. The van der Waals surface area contributed by atoms with Gasteiger partial charge in [0.25, 0.3) is 5.56 Å². The highest BCUT2D eigenvalue weighted by Gasteiger charge is 2.23. The number of halogens is 1. The molecule has 0 saturated carbocycles. The summed E-state index contributed by atoms with van der Waals surface area (Å²) in [6.45, 7) is 3.61. The van der Waals surface area contributed by atoms with Crippen LogP contribution in [0.3, 0.4) is 0 Å². The van der Waals surface area contributed by atoms with Crippen LogP contribution in [0.25, 0.3) is 11.7 Å². The minimum Gasteiger partial charge on any atom is -0.438 e. The van der Waals surface area contributed by atoms with E-state index in [9.17, 15) is 18.5 Å². The molecule has 0 amide bonds. The molecule has 34 heavy (non-hydrogen) atoms. The van der Waals surface area contributed by atoms with Crippen molar-refractivity contribution in [2.75, 3.05) is 0 Å². The van der Waals surface area contributed by atoms with Crippen LogP contribution < -0.4 is 10.3 Å². The normalized spacial score (nSPS) is 11.9. The van der Waals surface area contributed by atoms with Gasteiger partial charge >= 0.3 is 0 Å². The molecule has 0 radical (unpaired) electrons. The van der Waals surface area contributed by atoms with E-state index >= 15 is 0 Å². The minimum atomic E-state index is -4.19. The van der Waals surface area contributed by atoms with Gasteiger partial charge in [-0.15, -0.1) is 0 Å². The van der Waals surface area contributed by atoms with Crippen molar-refractivity contribution >= 4 is 33.2 Å². The minimum absolute atomic E-state index is 0.0597. The summed E-state index contributed by atoms with van der Waals surface area (Å²) < 4.78 is 33.4. The largest absolute Gasteiger partial charge is 0.438 e. The summed E-state index contributed by atoms with van der Waals surface area (Å²) in [5.41, 5.74) is 1.15. The molecule has 4 rings (SSSR count). The fourth-order valence-corrected chi connectivity index (χ4v) is 4.48. The molecule has 0 bridgehead atoms. The monoisotopic (exact) mass is 491 g/mol. The van der Waals surface area contributed by atoms with Crippen LogP contribution in [-0.4, -0.2) is 17.8 Å². The fraction of sp³-hybridized carbons (Fsp3) is 0.0800. The molecule has 2 heterocycles. The molecule has 170 valence electrons. The lowest BCUT2D eigenvalue weighted by Gasteiger charge is -2.11. The van der Waals surface area contributed by atoms with Crippen molar-refractivity contribution in [3.05, 3.63) is 104 Å². The van der Waals surface area contributed by atoms with Gasteiger partial charge in [0.1, 0.15) is 27.9 Å². The van der Waals surface area contributed by atoms with Gasteiger partial charge in [-0.3, -0.25) is 9.20 Å². The maximum absolute atomic E-state index is 13.3. The van der Waals surface area contributed by atoms with Gasteiger partial charge in [-0.25, -0.2) is 8.42 Å². The Morgan fingerprint density at radius 1 is 1.12 bits per heavy atom. The van der Waals surface area contributed by atoms with Gasteiger partial charge in [0.15, 0.2) is 0 Å². The van der Waals surface area contributed by atoms with Crippen LogP contribution >= 0.6 is 11.6 Å². The van der Waals surface area contributed by atoms with E-state index in [4.69, 9.17) is 16.3 Å². The molecule has 0 aliphatic heterocycles. The molecule has 2 aromatic carbocycles. The first-order valence-electron chi connectivity index (χ1n) is 10.1. The van der Waals surface area contributed by atoms with E-state index in [0.29, 0.717) is 16.4 Å². The number of fused-ring (bicyclic) bond motifs is 1. The van der Waals surface area contributed by atoms with Gasteiger partial charge in [-0.2, -0.15) is 10.2 Å². The first-order chi connectivity index (χ1) is 16.2. The van der Waals surface area contributed by atoms with E-state index in [1.54, 1.807) is 61.5 Å². The third-order valence-electron chi connectivity index (χ3n) is 5.08. The number of hydrogen-bond donors (Lipinski definition) is 0. The van der Waals surface area contributed by atoms with Gasteiger partial charge in [-0.05, 0) is 68.0 Å². The second kappa shape index (κ2) is 9.14. The molecular weight excluding hydrogens is 474 g/mol. The Morgan fingerprint density at radius 3 is 2.53 bits per heavy atom. The fourth-order valence-electron chi connectivity index (χ4n) is 3.22. The lowest BCUT2D eigenvalue weighted by atomic mass is 10.2. The predicted octanol–water partition coefficient (Wildman–Crippen LogP) is 5.10.